The van der Waals surface area contributed by atoms with Crippen molar-refractivity contribution in [3.05, 3.63) is 59.7 Å². The minimum Gasteiger partial charge on any atom is -0.301 e. The molecule has 25 heavy (non-hydrogen) atoms. The summed E-state index contributed by atoms with van der Waals surface area (Å²) in [6.45, 7) is 0.866. The third-order valence-corrected chi connectivity index (χ3v) is 5.52. The SMILES string of the molecule is Cn1cc(CCCSc2nnc(C3CC3)n2Cc2ccccc2)cn1. The fourth-order valence-electron chi connectivity index (χ4n) is 3.01. The Morgan fingerprint density at radius 1 is 1.12 bits per heavy atom. The molecule has 0 spiro atoms. The molecule has 0 unspecified atom stereocenters. The second-order valence-electron chi connectivity index (χ2n) is 6.66. The van der Waals surface area contributed by atoms with Gasteiger partial charge in [0.2, 0.25) is 0 Å². The summed E-state index contributed by atoms with van der Waals surface area (Å²) in [5.74, 6) is 2.83. The van der Waals surface area contributed by atoms with Crippen molar-refractivity contribution in [1.29, 1.82) is 0 Å². The van der Waals surface area contributed by atoms with E-state index in [-0.39, 0.29) is 0 Å². The Morgan fingerprint density at radius 3 is 2.68 bits per heavy atom. The minimum atomic E-state index is 0.612. The first-order valence-corrected chi connectivity index (χ1v) is 9.85. The van der Waals surface area contributed by atoms with Crippen molar-refractivity contribution in [2.75, 3.05) is 5.75 Å². The van der Waals surface area contributed by atoms with Crippen LogP contribution in [0.5, 0.6) is 0 Å². The number of rotatable bonds is 8. The number of aryl methyl sites for hydroxylation is 2. The summed E-state index contributed by atoms with van der Waals surface area (Å²) < 4.78 is 4.18. The van der Waals surface area contributed by atoms with Crippen molar-refractivity contribution < 1.29 is 0 Å². The second-order valence-corrected chi connectivity index (χ2v) is 7.72. The van der Waals surface area contributed by atoms with E-state index in [4.69, 9.17) is 0 Å². The Hall–Kier alpha value is -2.08. The molecule has 1 saturated carbocycles. The zero-order valence-electron chi connectivity index (χ0n) is 14.5. The lowest BCUT2D eigenvalue weighted by Crippen LogP contribution is -2.06. The van der Waals surface area contributed by atoms with Gasteiger partial charge in [-0.2, -0.15) is 5.10 Å². The summed E-state index contributed by atoms with van der Waals surface area (Å²) in [5, 5.41) is 14.3. The van der Waals surface area contributed by atoms with Gasteiger partial charge in [0.1, 0.15) is 5.82 Å². The van der Waals surface area contributed by atoms with Gasteiger partial charge >= 0.3 is 0 Å². The molecular weight excluding hydrogens is 330 g/mol. The van der Waals surface area contributed by atoms with Gasteiger partial charge in [0.05, 0.1) is 12.7 Å². The Balaban J connectivity index is 1.40. The topological polar surface area (TPSA) is 48.5 Å². The van der Waals surface area contributed by atoms with Gasteiger partial charge in [-0.15, -0.1) is 10.2 Å². The molecule has 3 aromatic rings. The Kier molecular flexibility index (Phi) is 4.88. The van der Waals surface area contributed by atoms with Crippen LogP contribution < -0.4 is 0 Å². The summed E-state index contributed by atoms with van der Waals surface area (Å²) in [6, 6.07) is 10.6. The number of hydrogen-bond donors (Lipinski definition) is 0. The highest BCUT2D eigenvalue weighted by atomic mass is 32.2. The van der Waals surface area contributed by atoms with E-state index < -0.39 is 0 Å². The van der Waals surface area contributed by atoms with E-state index in [1.54, 1.807) is 0 Å². The van der Waals surface area contributed by atoms with E-state index in [1.165, 1.54) is 29.8 Å². The van der Waals surface area contributed by atoms with Crippen LogP contribution in [0, 0.1) is 0 Å². The maximum atomic E-state index is 4.49. The van der Waals surface area contributed by atoms with Gasteiger partial charge in [-0.05, 0) is 36.8 Å². The third kappa shape index (κ3) is 4.12. The van der Waals surface area contributed by atoms with E-state index in [2.05, 4.69) is 56.4 Å². The number of hydrogen-bond acceptors (Lipinski definition) is 4. The number of nitrogens with zero attached hydrogens (tertiary/aromatic N) is 5. The molecule has 1 aliphatic carbocycles. The molecular formula is C19H23N5S. The van der Waals surface area contributed by atoms with Gasteiger partial charge in [-0.25, -0.2) is 0 Å². The van der Waals surface area contributed by atoms with Crippen molar-refractivity contribution in [2.24, 2.45) is 7.05 Å². The fourth-order valence-corrected chi connectivity index (χ4v) is 3.89. The van der Waals surface area contributed by atoms with Gasteiger partial charge in [0, 0.05) is 24.9 Å². The lowest BCUT2D eigenvalue weighted by atomic mass is 10.2. The molecule has 5 nitrogen and oxygen atoms in total. The number of aromatic nitrogens is 5. The van der Waals surface area contributed by atoms with Crippen molar-refractivity contribution in [2.45, 2.75) is 43.3 Å². The monoisotopic (exact) mass is 353 g/mol. The average Bonchev–Trinajstić information content (AvgIpc) is 3.27. The quantitative estimate of drug-likeness (QED) is 0.458. The van der Waals surface area contributed by atoms with Crippen molar-refractivity contribution >= 4 is 11.8 Å². The molecule has 1 aliphatic rings. The lowest BCUT2D eigenvalue weighted by Gasteiger charge is -2.10. The van der Waals surface area contributed by atoms with Crippen LogP contribution in [0.15, 0.2) is 47.9 Å². The highest BCUT2D eigenvalue weighted by Crippen LogP contribution is 2.40. The molecule has 1 aromatic carbocycles. The predicted octanol–water partition coefficient (Wildman–Crippen LogP) is 3.66. The lowest BCUT2D eigenvalue weighted by molar-refractivity contribution is 0.667. The summed E-state index contributed by atoms with van der Waals surface area (Å²) in [7, 11) is 1.96. The normalized spacial score (nSPS) is 14.1. The first-order valence-electron chi connectivity index (χ1n) is 8.87. The van der Waals surface area contributed by atoms with E-state index >= 15 is 0 Å². The summed E-state index contributed by atoms with van der Waals surface area (Å²) in [6.07, 6.45) is 8.72. The van der Waals surface area contributed by atoms with Gasteiger partial charge < -0.3 is 4.57 Å². The van der Waals surface area contributed by atoms with Gasteiger partial charge in [0.15, 0.2) is 5.16 Å². The third-order valence-electron chi connectivity index (χ3n) is 4.47. The van der Waals surface area contributed by atoms with E-state index in [0.717, 1.165) is 30.3 Å². The average molecular weight is 353 g/mol. The summed E-state index contributed by atoms with van der Waals surface area (Å²) in [4.78, 5) is 0. The molecule has 0 saturated heterocycles. The van der Waals surface area contributed by atoms with Gasteiger partial charge in [0.25, 0.3) is 0 Å². The fraction of sp³-hybridized carbons (Fsp3) is 0.421. The largest absolute Gasteiger partial charge is 0.301 e. The number of benzene rings is 1. The van der Waals surface area contributed by atoms with Gasteiger partial charge in [-0.3, -0.25) is 4.68 Å². The van der Waals surface area contributed by atoms with Crippen molar-refractivity contribution in [3.8, 4) is 0 Å². The minimum absolute atomic E-state index is 0.612. The van der Waals surface area contributed by atoms with E-state index in [0.29, 0.717) is 5.92 Å². The van der Waals surface area contributed by atoms with Crippen LogP contribution in [0.25, 0.3) is 0 Å². The zero-order valence-corrected chi connectivity index (χ0v) is 15.3. The van der Waals surface area contributed by atoms with Crippen molar-refractivity contribution in [1.82, 2.24) is 24.5 Å². The van der Waals surface area contributed by atoms with Crippen LogP contribution in [0.3, 0.4) is 0 Å². The Bertz CT molecular complexity index is 819. The van der Waals surface area contributed by atoms with Gasteiger partial charge in [-0.1, -0.05) is 42.1 Å². The highest BCUT2D eigenvalue weighted by molar-refractivity contribution is 7.99. The summed E-state index contributed by atoms with van der Waals surface area (Å²) >= 11 is 1.82. The summed E-state index contributed by atoms with van der Waals surface area (Å²) in [5.41, 5.74) is 2.61. The molecule has 0 amide bonds. The molecule has 1 fully saturated rings. The van der Waals surface area contributed by atoms with E-state index in [1.807, 2.05) is 29.7 Å². The predicted molar refractivity (Wildman–Crippen MR) is 99.8 cm³/mol. The van der Waals surface area contributed by atoms with Crippen LogP contribution in [-0.2, 0) is 20.0 Å². The van der Waals surface area contributed by atoms with Crippen molar-refractivity contribution in [3.63, 3.8) is 0 Å². The number of thioether (sulfide) groups is 1. The second kappa shape index (κ2) is 7.44. The Morgan fingerprint density at radius 2 is 1.96 bits per heavy atom. The van der Waals surface area contributed by atoms with Crippen LogP contribution in [0.2, 0.25) is 0 Å². The molecule has 0 bridgehead atoms. The maximum absolute atomic E-state index is 4.49. The molecule has 6 heteroatoms. The first kappa shape index (κ1) is 16.4. The van der Waals surface area contributed by atoms with Crippen LogP contribution >= 0.6 is 11.8 Å². The standard InChI is InChI=1S/C19H23N5S/c1-23-13-16(12-20-23)8-5-11-25-19-22-21-18(17-9-10-17)24(19)14-15-6-3-2-4-7-15/h2-4,6-7,12-13,17H,5,8-11,14H2,1H3. The maximum Gasteiger partial charge on any atom is 0.191 e. The molecule has 0 atom stereocenters. The highest BCUT2D eigenvalue weighted by Gasteiger charge is 2.30. The van der Waals surface area contributed by atoms with Crippen LogP contribution in [-0.4, -0.2) is 30.3 Å². The molecule has 2 aromatic heterocycles. The molecule has 0 N–H and O–H groups in total. The zero-order chi connectivity index (χ0) is 17.1. The van der Waals surface area contributed by atoms with Crippen LogP contribution in [0.1, 0.15) is 42.1 Å². The molecule has 4 rings (SSSR count). The van der Waals surface area contributed by atoms with Crippen LogP contribution in [0.4, 0.5) is 0 Å². The van der Waals surface area contributed by atoms with E-state index in [9.17, 15) is 0 Å². The smallest absolute Gasteiger partial charge is 0.191 e. The molecule has 0 aliphatic heterocycles. The molecule has 0 radical (unpaired) electrons. The molecule has 130 valence electrons. The molecule has 2 heterocycles. The Labute approximate surface area is 152 Å². The first-order chi connectivity index (χ1) is 12.3.